The largest absolute Gasteiger partial charge is 0.339 e. The molecule has 4 aliphatic carbocycles. The van der Waals surface area contributed by atoms with E-state index in [4.69, 9.17) is 0 Å². The van der Waals surface area contributed by atoms with Gasteiger partial charge in [0.2, 0.25) is 11.8 Å². The monoisotopic (exact) mass is 330 g/mol. The molecule has 4 saturated carbocycles. The Hall–Kier alpha value is -1.06. The Kier molecular flexibility index (Phi) is 3.31. The number of piperazine rings is 1. The second kappa shape index (κ2) is 5.22. The molecule has 5 rings (SSSR count). The lowest BCUT2D eigenvalue weighted by Gasteiger charge is -2.41. The Labute approximate surface area is 144 Å². The maximum absolute atomic E-state index is 13.1. The Balaban J connectivity index is 1.22. The van der Waals surface area contributed by atoms with E-state index >= 15 is 0 Å². The predicted molar refractivity (Wildman–Crippen MR) is 91.2 cm³/mol. The van der Waals surface area contributed by atoms with Crippen molar-refractivity contribution in [3.8, 4) is 0 Å². The maximum atomic E-state index is 13.1. The molecule has 4 heteroatoms. The summed E-state index contributed by atoms with van der Waals surface area (Å²) in [6.07, 6.45) is 11.7. The van der Waals surface area contributed by atoms with Crippen LogP contribution in [0.1, 0.15) is 64.2 Å². The van der Waals surface area contributed by atoms with Crippen LogP contribution in [0.4, 0.5) is 0 Å². The van der Waals surface area contributed by atoms with E-state index in [9.17, 15) is 9.59 Å². The second-order valence-corrected chi connectivity index (χ2v) is 9.44. The summed E-state index contributed by atoms with van der Waals surface area (Å²) >= 11 is 0. The van der Waals surface area contributed by atoms with E-state index in [0.29, 0.717) is 11.8 Å². The molecule has 2 amide bonds. The summed E-state index contributed by atoms with van der Waals surface area (Å²) in [5.74, 6) is 2.45. The molecule has 0 spiro atoms. The van der Waals surface area contributed by atoms with Gasteiger partial charge in [-0.15, -0.1) is 0 Å². The third-order valence-corrected chi connectivity index (χ3v) is 8.24. The molecule has 1 aliphatic heterocycles. The van der Waals surface area contributed by atoms with Crippen LogP contribution in [0, 0.1) is 22.7 Å². The lowest BCUT2D eigenvalue weighted by atomic mass is 9.82. The quantitative estimate of drug-likeness (QED) is 0.781. The highest BCUT2D eigenvalue weighted by atomic mass is 16.2. The summed E-state index contributed by atoms with van der Waals surface area (Å²) in [5.41, 5.74) is -0.0285. The first kappa shape index (κ1) is 15.2. The van der Waals surface area contributed by atoms with Crippen LogP contribution in [-0.2, 0) is 9.59 Å². The molecule has 1 heterocycles. The summed E-state index contributed by atoms with van der Waals surface area (Å²) in [7, 11) is 0. The van der Waals surface area contributed by atoms with Gasteiger partial charge in [0.25, 0.3) is 0 Å². The summed E-state index contributed by atoms with van der Waals surface area (Å²) in [4.78, 5) is 30.3. The summed E-state index contributed by atoms with van der Waals surface area (Å²) < 4.78 is 0. The number of rotatable bonds is 2. The first-order valence-corrected chi connectivity index (χ1v) is 10.2. The molecule has 0 aromatic heterocycles. The highest BCUT2D eigenvalue weighted by molar-refractivity contribution is 5.85. The minimum Gasteiger partial charge on any atom is -0.339 e. The fourth-order valence-corrected chi connectivity index (χ4v) is 6.77. The number of carbonyl (C=O) groups excluding carboxylic acids is 2. The lowest BCUT2D eigenvalue weighted by Crippen LogP contribution is -2.56. The summed E-state index contributed by atoms with van der Waals surface area (Å²) in [5, 5.41) is 0. The van der Waals surface area contributed by atoms with Crippen molar-refractivity contribution in [3.63, 3.8) is 0 Å². The zero-order valence-corrected chi connectivity index (χ0v) is 14.8. The number of nitrogens with zero attached hydrogens (tertiary/aromatic N) is 2. The van der Waals surface area contributed by atoms with Crippen LogP contribution in [0.15, 0.2) is 0 Å². The average Bonchev–Trinajstić information content (AvgIpc) is 3.41. The van der Waals surface area contributed by atoms with Gasteiger partial charge in [-0.05, 0) is 76.0 Å². The van der Waals surface area contributed by atoms with Crippen LogP contribution in [0.2, 0.25) is 0 Å². The summed E-state index contributed by atoms with van der Waals surface area (Å²) in [6, 6.07) is 0. The first-order valence-electron chi connectivity index (χ1n) is 10.2. The normalized spacial score (nSPS) is 43.7. The van der Waals surface area contributed by atoms with Crippen LogP contribution >= 0.6 is 0 Å². The molecule has 132 valence electrons. The Bertz CT molecular complexity index is 498. The number of hydrogen-bond acceptors (Lipinski definition) is 2. The molecule has 4 nitrogen and oxygen atoms in total. The second-order valence-electron chi connectivity index (χ2n) is 9.44. The van der Waals surface area contributed by atoms with Gasteiger partial charge >= 0.3 is 0 Å². The first-order chi connectivity index (χ1) is 11.6. The maximum Gasteiger partial charge on any atom is 0.228 e. The Morgan fingerprint density at radius 2 is 0.958 bits per heavy atom. The molecule has 0 radical (unpaired) electrons. The molecule has 0 N–H and O–H groups in total. The minimum absolute atomic E-state index is 0.0142. The standard InChI is InChI=1S/C20H30N2O2/c23-17(19-5-1-15(13-19)2-6-19)21-9-11-22(12-10-21)18(24)20-7-3-16(14-20)4-8-20/h15-16H,1-14H2. The topological polar surface area (TPSA) is 40.6 Å². The van der Waals surface area contributed by atoms with E-state index in [0.717, 1.165) is 76.5 Å². The van der Waals surface area contributed by atoms with Gasteiger partial charge in [0.05, 0.1) is 0 Å². The number of carbonyl (C=O) groups is 2. The van der Waals surface area contributed by atoms with Crippen molar-refractivity contribution >= 4 is 11.8 Å². The van der Waals surface area contributed by atoms with Gasteiger partial charge in [-0.1, -0.05) is 0 Å². The van der Waals surface area contributed by atoms with Crippen molar-refractivity contribution in [1.82, 2.24) is 9.80 Å². The molecule has 0 atom stereocenters. The van der Waals surface area contributed by atoms with Crippen LogP contribution in [-0.4, -0.2) is 47.8 Å². The number of hydrogen-bond donors (Lipinski definition) is 0. The number of amides is 2. The van der Waals surface area contributed by atoms with Gasteiger partial charge in [-0.3, -0.25) is 9.59 Å². The van der Waals surface area contributed by atoms with Crippen molar-refractivity contribution in [2.75, 3.05) is 26.2 Å². The third kappa shape index (κ3) is 2.10. The zero-order valence-electron chi connectivity index (χ0n) is 14.8. The van der Waals surface area contributed by atoms with E-state index in [-0.39, 0.29) is 10.8 Å². The predicted octanol–water partition coefficient (Wildman–Crippen LogP) is 2.82. The molecule has 24 heavy (non-hydrogen) atoms. The van der Waals surface area contributed by atoms with Gasteiger partial charge in [0.15, 0.2) is 0 Å². The summed E-state index contributed by atoms with van der Waals surface area (Å²) in [6.45, 7) is 3.04. The fraction of sp³-hybridized carbons (Fsp3) is 0.900. The van der Waals surface area contributed by atoms with Crippen LogP contribution in [0.3, 0.4) is 0 Å². The average molecular weight is 330 g/mol. The van der Waals surface area contributed by atoms with Gasteiger partial charge in [0.1, 0.15) is 0 Å². The zero-order chi connectivity index (χ0) is 16.4. The molecule has 0 unspecified atom stereocenters. The van der Waals surface area contributed by atoms with Crippen LogP contribution in [0.5, 0.6) is 0 Å². The van der Waals surface area contributed by atoms with Crippen molar-refractivity contribution in [3.05, 3.63) is 0 Å². The molecule has 4 bridgehead atoms. The molecular weight excluding hydrogens is 300 g/mol. The van der Waals surface area contributed by atoms with E-state index in [1.165, 1.54) is 25.7 Å². The highest BCUT2D eigenvalue weighted by Crippen LogP contribution is 2.56. The van der Waals surface area contributed by atoms with Gasteiger partial charge in [0, 0.05) is 37.0 Å². The molecule has 5 aliphatic rings. The van der Waals surface area contributed by atoms with Crippen LogP contribution in [0.25, 0.3) is 0 Å². The Morgan fingerprint density at radius 1 is 0.625 bits per heavy atom. The van der Waals surface area contributed by atoms with Gasteiger partial charge in [-0.2, -0.15) is 0 Å². The van der Waals surface area contributed by atoms with Crippen LogP contribution < -0.4 is 0 Å². The van der Waals surface area contributed by atoms with E-state index < -0.39 is 0 Å². The van der Waals surface area contributed by atoms with Crippen molar-refractivity contribution in [2.24, 2.45) is 22.7 Å². The molecule has 5 fully saturated rings. The highest BCUT2D eigenvalue weighted by Gasteiger charge is 2.53. The van der Waals surface area contributed by atoms with Crippen molar-refractivity contribution in [2.45, 2.75) is 64.2 Å². The van der Waals surface area contributed by atoms with Gasteiger partial charge < -0.3 is 9.80 Å². The molecular formula is C20H30N2O2. The van der Waals surface area contributed by atoms with Crippen molar-refractivity contribution < 1.29 is 9.59 Å². The Morgan fingerprint density at radius 3 is 1.21 bits per heavy atom. The number of fused-ring (bicyclic) bond motifs is 4. The van der Waals surface area contributed by atoms with E-state index in [1.807, 2.05) is 0 Å². The van der Waals surface area contributed by atoms with E-state index in [1.54, 1.807) is 0 Å². The third-order valence-electron chi connectivity index (χ3n) is 8.24. The molecule has 0 aromatic rings. The molecule has 0 aromatic carbocycles. The fourth-order valence-electron chi connectivity index (χ4n) is 6.77. The molecule has 1 saturated heterocycles. The lowest BCUT2D eigenvalue weighted by molar-refractivity contribution is -0.150. The van der Waals surface area contributed by atoms with E-state index in [2.05, 4.69) is 9.80 Å². The minimum atomic E-state index is -0.0142. The SMILES string of the molecule is O=C(N1CCN(C(=O)C23CCC(CC2)C3)CC1)C12CCC(CC1)C2. The van der Waals surface area contributed by atoms with Crippen molar-refractivity contribution in [1.29, 1.82) is 0 Å². The smallest absolute Gasteiger partial charge is 0.228 e. The van der Waals surface area contributed by atoms with Gasteiger partial charge in [-0.25, -0.2) is 0 Å².